The van der Waals surface area contributed by atoms with Crippen molar-refractivity contribution in [3.05, 3.63) is 64.7 Å². The molecule has 0 spiro atoms. The number of carbonyl (C=O) groups excluding carboxylic acids is 2. The topological polar surface area (TPSA) is 58.2 Å². The van der Waals surface area contributed by atoms with Gasteiger partial charge in [-0.1, -0.05) is 25.0 Å². The molecule has 130 valence electrons. The van der Waals surface area contributed by atoms with Gasteiger partial charge in [0, 0.05) is 22.9 Å². The Hall–Kier alpha value is -2.62. The van der Waals surface area contributed by atoms with Gasteiger partial charge in [-0.3, -0.25) is 9.59 Å². The van der Waals surface area contributed by atoms with Gasteiger partial charge in [0.25, 0.3) is 11.8 Å². The van der Waals surface area contributed by atoms with Crippen molar-refractivity contribution in [3.8, 4) is 0 Å². The first kappa shape index (κ1) is 17.2. The summed E-state index contributed by atoms with van der Waals surface area (Å²) in [5.74, 6) is -0.232. The molecule has 0 saturated heterocycles. The van der Waals surface area contributed by atoms with E-state index in [2.05, 4.69) is 10.6 Å². The minimum atomic E-state index is -0.170. The van der Waals surface area contributed by atoms with E-state index in [1.165, 1.54) is 12.8 Å². The van der Waals surface area contributed by atoms with E-state index in [1.807, 2.05) is 32.0 Å². The predicted molar refractivity (Wildman–Crippen MR) is 100 cm³/mol. The van der Waals surface area contributed by atoms with Crippen LogP contribution in [0.1, 0.15) is 57.5 Å². The Bertz CT molecular complexity index is 775. The van der Waals surface area contributed by atoms with Crippen molar-refractivity contribution in [3.63, 3.8) is 0 Å². The monoisotopic (exact) mass is 336 g/mol. The number of aryl methyl sites for hydroxylation is 1. The van der Waals surface area contributed by atoms with Crippen LogP contribution in [0.15, 0.2) is 42.5 Å². The molecule has 0 unspecified atom stereocenters. The summed E-state index contributed by atoms with van der Waals surface area (Å²) in [4.78, 5) is 24.7. The van der Waals surface area contributed by atoms with Gasteiger partial charge in [-0.05, 0) is 68.1 Å². The van der Waals surface area contributed by atoms with Crippen LogP contribution < -0.4 is 10.6 Å². The molecule has 2 N–H and O–H groups in total. The van der Waals surface area contributed by atoms with Crippen molar-refractivity contribution in [1.82, 2.24) is 5.32 Å². The molecule has 1 fully saturated rings. The fraction of sp³-hybridized carbons (Fsp3) is 0.333. The Kier molecular flexibility index (Phi) is 5.17. The second kappa shape index (κ2) is 7.51. The molecule has 0 atom stereocenters. The normalized spacial score (nSPS) is 14.3. The van der Waals surface area contributed by atoms with Gasteiger partial charge in [0.05, 0.1) is 0 Å². The predicted octanol–water partition coefficient (Wildman–Crippen LogP) is 4.23. The summed E-state index contributed by atoms with van der Waals surface area (Å²) in [6.07, 6.45) is 4.48. The lowest BCUT2D eigenvalue weighted by Gasteiger charge is -2.12. The molecule has 4 heteroatoms. The van der Waals surface area contributed by atoms with E-state index < -0.39 is 0 Å². The van der Waals surface area contributed by atoms with E-state index in [9.17, 15) is 9.59 Å². The van der Waals surface area contributed by atoms with Gasteiger partial charge >= 0.3 is 0 Å². The van der Waals surface area contributed by atoms with Crippen LogP contribution in [0, 0.1) is 13.8 Å². The molecule has 1 saturated carbocycles. The molecule has 0 bridgehead atoms. The van der Waals surface area contributed by atoms with Crippen LogP contribution in [-0.4, -0.2) is 17.9 Å². The van der Waals surface area contributed by atoms with Crippen molar-refractivity contribution in [2.45, 2.75) is 45.6 Å². The molecular formula is C21H24N2O2. The number of hydrogen-bond donors (Lipinski definition) is 2. The van der Waals surface area contributed by atoms with Crippen molar-refractivity contribution < 1.29 is 9.59 Å². The van der Waals surface area contributed by atoms with Crippen molar-refractivity contribution in [2.24, 2.45) is 0 Å². The Morgan fingerprint density at radius 1 is 0.880 bits per heavy atom. The quantitative estimate of drug-likeness (QED) is 0.878. The first-order chi connectivity index (χ1) is 12.0. The van der Waals surface area contributed by atoms with Crippen LogP contribution in [0.4, 0.5) is 5.69 Å². The maximum Gasteiger partial charge on any atom is 0.255 e. The molecular weight excluding hydrogens is 312 g/mol. The Morgan fingerprint density at radius 3 is 2.12 bits per heavy atom. The highest BCUT2D eigenvalue weighted by Crippen LogP contribution is 2.20. The number of anilines is 1. The minimum absolute atomic E-state index is 0.0617. The molecule has 2 amide bonds. The maximum absolute atomic E-state index is 12.4. The zero-order chi connectivity index (χ0) is 17.8. The van der Waals surface area contributed by atoms with Crippen molar-refractivity contribution >= 4 is 17.5 Å². The van der Waals surface area contributed by atoms with Gasteiger partial charge in [-0.2, -0.15) is 0 Å². The standard InChI is InChI=1S/C21H24N2O2/c1-14-6-5-9-19(15(14)2)23-21(25)17-12-10-16(11-13-17)20(24)22-18-7-3-4-8-18/h5-6,9-13,18H,3-4,7-8H2,1-2H3,(H,22,24)(H,23,25). The zero-order valence-electron chi connectivity index (χ0n) is 14.8. The summed E-state index contributed by atoms with van der Waals surface area (Å²) in [6.45, 7) is 4.00. The SMILES string of the molecule is Cc1cccc(NC(=O)c2ccc(C(=O)NC3CCCC3)cc2)c1C. The summed E-state index contributed by atoms with van der Waals surface area (Å²) >= 11 is 0. The first-order valence-corrected chi connectivity index (χ1v) is 8.83. The molecule has 1 aliphatic carbocycles. The summed E-state index contributed by atoms with van der Waals surface area (Å²) in [6, 6.07) is 12.9. The van der Waals surface area contributed by atoms with Gasteiger partial charge in [0.1, 0.15) is 0 Å². The molecule has 25 heavy (non-hydrogen) atoms. The lowest BCUT2D eigenvalue weighted by atomic mass is 10.1. The van der Waals surface area contributed by atoms with Gasteiger partial charge in [0.15, 0.2) is 0 Å². The largest absolute Gasteiger partial charge is 0.349 e. The number of nitrogens with one attached hydrogen (secondary N) is 2. The van der Waals surface area contributed by atoms with Gasteiger partial charge in [0.2, 0.25) is 0 Å². The van der Waals surface area contributed by atoms with Gasteiger partial charge in [-0.25, -0.2) is 0 Å². The fourth-order valence-corrected chi connectivity index (χ4v) is 3.19. The number of carbonyl (C=O) groups is 2. The lowest BCUT2D eigenvalue weighted by Crippen LogP contribution is -2.32. The van der Waals surface area contributed by atoms with E-state index >= 15 is 0 Å². The van der Waals surface area contributed by atoms with Crippen LogP contribution in [0.25, 0.3) is 0 Å². The number of benzene rings is 2. The van der Waals surface area contributed by atoms with Crippen LogP contribution >= 0.6 is 0 Å². The first-order valence-electron chi connectivity index (χ1n) is 8.83. The summed E-state index contributed by atoms with van der Waals surface area (Å²) in [5, 5.41) is 5.99. The van der Waals surface area contributed by atoms with E-state index in [1.54, 1.807) is 24.3 Å². The van der Waals surface area contributed by atoms with Crippen molar-refractivity contribution in [2.75, 3.05) is 5.32 Å². The Morgan fingerprint density at radius 2 is 1.48 bits per heavy atom. The van der Waals surface area contributed by atoms with Crippen LogP contribution in [-0.2, 0) is 0 Å². The Balaban J connectivity index is 1.66. The third-order valence-electron chi connectivity index (χ3n) is 4.95. The lowest BCUT2D eigenvalue weighted by molar-refractivity contribution is 0.0936. The van der Waals surface area contributed by atoms with Crippen LogP contribution in [0.5, 0.6) is 0 Å². The fourth-order valence-electron chi connectivity index (χ4n) is 3.19. The second-order valence-electron chi connectivity index (χ2n) is 6.73. The average molecular weight is 336 g/mol. The average Bonchev–Trinajstić information content (AvgIpc) is 3.12. The molecule has 2 aromatic rings. The van der Waals surface area contributed by atoms with Gasteiger partial charge in [-0.15, -0.1) is 0 Å². The highest BCUT2D eigenvalue weighted by atomic mass is 16.2. The number of amides is 2. The highest BCUT2D eigenvalue weighted by Gasteiger charge is 2.18. The highest BCUT2D eigenvalue weighted by molar-refractivity contribution is 6.05. The Labute approximate surface area is 148 Å². The minimum Gasteiger partial charge on any atom is -0.349 e. The third kappa shape index (κ3) is 4.08. The molecule has 0 heterocycles. The second-order valence-corrected chi connectivity index (χ2v) is 6.73. The van der Waals surface area contributed by atoms with E-state index in [4.69, 9.17) is 0 Å². The summed E-state index contributed by atoms with van der Waals surface area (Å²) in [7, 11) is 0. The van der Waals surface area contributed by atoms with Gasteiger partial charge < -0.3 is 10.6 Å². The number of hydrogen-bond acceptors (Lipinski definition) is 2. The smallest absolute Gasteiger partial charge is 0.255 e. The van der Waals surface area contributed by atoms with Crippen molar-refractivity contribution in [1.29, 1.82) is 0 Å². The zero-order valence-corrected chi connectivity index (χ0v) is 14.8. The molecule has 0 aromatic heterocycles. The van der Waals surface area contributed by atoms with E-state index in [0.717, 1.165) is 29.7 Å². The molecule has 0 aliphatic heterocycles. The molecule has 3 rings (SSSR count). The van der Waals surface area contributed by atoms with E-state index in [0.29, 0.717) is 17.2 Å². The summed E-state index contributed by atoms with van der Waals surface area (Å²) in [5.41, 5.74) is 4.14. The number of rotatable bonds is 4. The van der Waals surface area contributed by atoms with E-state index in [-0.39, 0.29) is 11.8 Å². The van der Waals surface area contributed by atoms with Crippen LogP contribution in [0.2, 0.25) is 0 Å². The summed E-state index contributed by atoms with van der Waals surface area (Å²) < 4.78 is 0. The van der Waals surface area contributed by atoms with Crippen LogP contribution in [0.3, 0.4) is 0 Å². The molecule has 1 aliphatic rings. The maximum atomic E-state index is 12.4. The molecule has 4 nitrogen and oxygen atoms in total. The molecule has 2 aromatic carbocycles. The molecule has 0 radical (unpaired) electrons. The third-order valence-corrected chi connectivity index (χ3v) is 4.95.